The van der Waals surface area contributed by atoms with E-state index in [1.165, 1.54) is 13.0 Å². The van der Waals surface area contributed by atoms with E-state index in [9.17, 15) is 14.0 Å². The van der Waals surface area contributed by atoms with Crippen molar-refractivity contribution >= 4 is 11.9 Å². The summed E-state index contributed by atoms with van der Waals surface area (Å²) in [7, 11) is 0. The van der Waals surface area contributed by atoms with Crippen LogP contribution in [0.4, 0.5) is 4.39 Å². The van der Waals surface area contributed by atoms with E-state index in [2.05, 4.69) is 10.6 Å². The number of nitrogens with one attached hydrogen (secondary N) is 2. The van der Waals surface area contributed by atoms with Crippen molar-refractivity contribution in [2.45, 2.75) is 26.4 Å². The van der Waals surface area contributed by atoms with Crippen molar-refractivity contribution in [1.82, 2.24) is 10.6 Å². The second-order valence-corrected chi connectivity index (χ2v) is 4.30. The van der Waals surface area contributed by atoms with Gasteiger partial charge >= 0.3 is 5.97 Å². The molecule has 1 unspecified atom stereocenters. The molecular weight excluding hydrogens is 251 g/mol. The molecule has 0 spiro atoms. The van der Waals surface area contributed by atoms with Crippen molar-refractivity contribution in [2.75, 3.05) is 6.54 Å². The average molecular weight is 268 g/mol. The second-order valence-electron chi connectivity index (χ2n) is 4.30. The molecule has 0 heterocycles. The van der Waals surface area contributed by atoms with Gasteiger partial charge in [-0.2, -0.15) is 0 Å². The molecule has 0 bridgehead atoms. The Balaban J connectivity index is 2.37. The number of hydrogen-bond donors (Lipinski definition) is 3. The summed E-state index contributed by atoms with van der Waals surface area (Å²) in [5.41, 5.74) is 1.31. The minimum Gasteiger partial charge on any atom is -0.480 e. The van der Waals surface area contributed by atoms with Crippen molar-refractivity contribution in [3.63, 3.8) is 0 Å². The molecule has 6 heteroatoms. The summed E-state index contributed by atoms with van der Waals surface area (Å²) in [6, 6.07) is 3.82. The van der Waals surface area contributed by atoms with Gasteiger partial charge < -0.3 is 10.4 Å². The number of halogens is 1. The first-order valence-electron chi connectivity index (χ1n) is 5.88. The molecule has 104 valence electrons. The van der Waals surface area contributed by atoms with E-state index >= 15 is 0 Å². The van der Waals surface area contributed by atoms with Crippen molar-refractivity contribution in [3.8, 4) is 0 Å². The molecule has 0 aliphatic carbocycles. The molecule has 0 aromatic heterocycles. The van der Waals surface area contributed by atoms with Gasteiger partial charge in [-0.3, -0.25) is 14.9 Å². The van der Waals surface area contributed by atoms with E-state index in [0.717, 1.165) is 5.56 Å². The lowest BCUT2D eigenvalue weighted by Crippen LogP contribution is -2.41. The Bertz CT molecular complexity index is 477. The van der Waals surface area contributed by atoms with Gasteiger partial charge in [0.25, 0.3) is 0 Å². The molecule has 0 aliphatic rings. The van der Waals surface area contributed by atoms with Gasteiger partial charge in [0.2, 0.25) is 5.91 Å². The molecule has 1 atom stereocenters. The predicted molar refractivity (Wildman–Crippen MR) is 68.1 cm³/mol. The molecule has 19 heavy (non-hydrogen) atoms. The molecule has 0 fully saturated rings. The molecule has 1 rings (SSSR count). The lowest BCUT2D eigenvalue weighted by Gasteiger charge is -2.10. The third kappa shape index (κ3) is 5.05. The van der Waals surface area contributed by atoms with Crippen molar-refractivity contribution in [1.29, 1.82) is 0 Å². The van der Waals surface area contributed by atoms with Gasteiger partial charge in [-0.05, 0) is 31.0 Å². The van der Waals surface area contributed by atoms with Crippen LogP contribution in [0.3, 0.4) is 0 Å². The molecular formula is C13H17FN2O3. The van der Waals surface area contributed by atoms with Crippen molar-refractivity contribution in [3.05, 3.63) is 35.1 Å². The number of amides is 1. The molecule has 0 radical (unpaired) electrons. The standard InChI is InChI=1S/C13H17FN2O3/c1-8-5-10(3-4-11(8)14)6-16-12(17)7-15-9(2)13(18)19/h3-5,9,15H,6-7H2,1-2H3,(H,16,17)(H,18,19). The van der Waals surface area contributed by atoms with Gasteiger partial charge in [0.1, 0.15) is 11.9 Å². The molecule has 0 aliphatic heterocycles. The van der Waals surface area contributed by atoms with E-state index in [-0.39, 0.29) is 24.8 Å². The van der Waals surface area contributed by atoms with E-state index in [1.54, 1.807) is 19.1 Å². The Morgan fingerprint density at radius 1 is 1.42 bits per heavy atom. The van der Waals surface area contributed by atoms with Crippen LogP contribution in [-0.4, -0.2) is 29.6 Å². The van der Waals surface area contributed by atoms with Crippen molar-refractivity contribution < 1.29 is 19.1 Å². The number of aliphatic carboxylic acids is 1. The molecule has 0 saturated carbocycles. The molecule has 1 aromatic rings. The largest absolute Gasteiger partial charge is 0.480 e. The summed E-state index contributed by atoms with van der Waals surface area (Å²) >= 11 is 0. The zero-order valence-electron chi connectivity index (χ0n) is 10.9. The maximum atomic E-state index is 13.0. The van der Waals surface area contributed by atoms with Gasteiger partial charge in [0, 0.05) is 6.54 Å². The SMILES string of the molecule is Cc1cc(CNC(=O)CNC(C)C(=O)O)ccc1F. The van der Waals surface area contributed by atoms with Crippen LogP contribution >= 0.6 is 0 Å². The molecule has 5 nitrogen and oxygen atoms in total. The number of hydrogen-bond acceptors (Lipinski definition) is 3. The normalized spacial score (nSPS) is 11.9. The van der Waals surface area contributed by atoms with E-state index in [4.69, 9.17) is 5.11 Å². The number of rotatable bonds is 6. The maximum absolute atomic E-state index is 13.0. The summed E-state index contributed by atoms with van der Waals surface area (Å²) < 4.78 is 13.0. The van der Waals surface area contributed by atoms with E-state index in [1.807, 2.05) is 0 Å². The maximum Gasteiger partial charge on any atom is 0.320 e. The summed E-state index contributed by atoms with van der Waals surface area (Å²) in [6.45, 7) is 3.31. The fourth-order valence-corrected chi connectivity index (χ4v) is 1.41. The van der Waals surface area contributed by atoms with Crippen LogP contribution in [0.2, 0.25) is 0 Å². The summed E-state index contributed by atoms with van der Waals surface area (Å²) in [5.74, 6) is -1.61. The van der Waals surface area contributed by atoms with Crippen LogP contribution in [0.15, 0.2) is 18.2 Å². The van der Waals surface area contributed by atoms with Crippen LogP contribution in [0.1, 0.15) is 18.1 Å². The zero-order valence-corrected chi connectivity index (χ0v) is 10.9. The summed E-state index contributed by atoms with van der Waals surface area (Å²) in [5, 5.41) is 13.8. The first-order chi connectivity index (χ1) is 8.90. The smallest absolute Gasteiger partial charge is 0.320 e. The second kappa shape index (κ2) is 6.84. The highest BCUT2D eigenvalue weighted by Crippen LogP contribution is 2.08. The average Bonchev–Trinajstić information content (AvgIpc) is 2.37. The highest BCUT2D eigenvalue weighted by atomic mass is 19.1. The van der Waals surface area contributed by atoms with Crippen molar-refractivity contribution in [2.24, 2.45) is 0 Å². The molecule has 1 amide bonds. The Morgan fingerprint density at radius 3 is 2.68 bits per heavy atom. The number of carbonyl (C=O) groups is 2. The molecule has 1 aromatic carbocycles. The van der Waals surface area contributed by atoms with Gasteiger partial charge in [0.15, 0.2) is 0 Å². The quantitative estimate of drug-likeness (QED) is 0.713. The number of aryl methyl sites for hydroxylation is 1. The number of carboxylic acid groups (broad SMARTS) is 1. The molecule has 0 saturated heterocycles. The predicted octanol–water partition coefficient (Wildman–Crippen LogP) is 0.813. The fraction of sp³-hybridized carbons (Fsp3) is 0.385. The van der Waals surface area contributed by atoms with Gasteiger partial charge in [-0.1, -0.05) is 12.1 Å². The minimum atomic E-state index is -1.01. The first-order valence-corrected chi connectivity index (χ1v) is 5.88. The Morgan fingerprint density at radius 2 is 2.11 bits per heavy atom. The van der Waals surface area contributed by atoms with Crippen LogP contribution in [0, 0.1) is 12.7 Å². The number of carboxylic acids is 1. The third-order valence-corrected chi connectivity index (χ3v) is 2.65. The minimum absolute atomic E-state index is 0.0758. The van der Waals surface area contributed by atoms with Gasteiger partial charge in [-0.15, -0.1) is 0 Å². The van der Waals surface area contributed by atoms with Gasteiger partial charge in [0.05, 0.1) is 6.54 Å². The Kier molecular flexibility index (Phi) is 5.44. The third-order valence-electron chi connectivity index (χ3n) is 2.65. The lowest BCUT2D eigenvalue weighted by molar-refractivity contribution is -0.139. The monoisotopic (exact) mass is 268 g/mol. The highest BCUT2D eigenvalue weighted by Gasteiger charge is 2.11. The van der Waals surface area contributed by atoms with Gasteiger partial charge in [-0.25, -0.2) is 4.39 Å². The van der Waals surface area contributed by atoms with Crippen LogP contribution in [0.5, 0.6) is 0 Å². The first kappa shape index (κ1) is 15.1. The lowest BCUT2D eigenvalue weighted by atomic mass is 10.1. The highest BCUT2D eigenvalue weighted by molar-refractivity contribution is 5.79. The summed E-state index contributed by atoms with van der Waals surface area (Å²) in [4.78, 5) is 22.0. The zero-order chi connectivity index (χ0) is 14.4. The molecule has 3 N–H and O–H groups in total. The Hall–Kier alpha value is -1.95. The Labute approximate surface area is 110 Å². The van der Waals surface area contributed by atoms with E-state index < -0.39 is 12.0 Å². The summed E-state index contributed by atoms with van der Waals surface area (Å²) in [6.07, 6.45) is 0. The number of benzene rings is 1. The van der Waals surface area contributed by atoms with Crippen LogP contribution < -0.4 is 10.6 Å². The topological polar surface area (TPSA) is 78.4 Å². The fourth-order valence-electron chi connectivity index (χ4n) is 1.41. The van der Waals surface area contributed by atoms with Crippen LogP contribution in [0.25, 0.3) is 0 Å². The van der Waals surface area contributed by atoms with Crippen LogP contribution in [-0.2, 0) is 16.1 Å². The number of carbonyl (C=O) groups excluding carboxylic acids is 1. The van der Waals surface area contributed by atoms with E-state index in [0.29, 0.717) is 5.56 Å².